The number of phosphoric ester groups is 2. The van der Waals surface area contributed by atoms with E-state index in [2.05, 4.69) is 41.5 Å². The molecule has 0 bridgehead atoms. The van der Waals surface area contributed by atoms with E-state index in [0.29, 0.717) is 25.7 Å². The highest BCUT2D eigenvalue weighted by molar-refractivity contribution is 7.47. The molecule has 0 rings (SSSR count). The average molecular weight is 1690 g/mol. The van der Waals surface area contributed by atoms with Crippen LogP contribution in [0.25, 0.3) is 0 Å². The van der Waals surface area contributed by atoms with Gasteiger partial charge in [-0.1, -0.05) is 478 Å². The van der Waals surface area contributed by atoms with Gasteiger partial charge < -0.3 is 33.8 Å². The maximum atomic E-state index is 13.2. The van der Waals surface area contributed by atoms with Crippen molar-refractivity contribution in [1.29, 1.82) is 0 Å². The second-order valence-corrected chi connectivity index (χ2v) is 38.2. The van der Waals surface area contributed by atoms with Crippen molar-refractivity contribution in [3.63, 3.8) is 0 Å². The van der Waals surface area contributed by atoms with Gasteiger partial charge in [-0.05, 0) is 37.5 Å². The SMILES string of the molecule is CCCCCCCCCCCCCCCCCCCCCCC(=O)O[C@H](COC(=O)CCCCCCCCCCCCCC)COP(=O)(O)OC[C@H](O)COP(=O)(O)OC[C@@H](COC(=O)CCCCCCCCCCCCCCCCCCCCC(C)CC)OC(=O)CCCCCCCCCCCCCCCCCCCCC(C)CC. The van der Waals surface area contributed by atoms with Crippen molar-refractivity contribution < 1.29 is 80.2 Å². The van der Waals surface area contributed by atoms with Crippen LogP contribution < -0.4 is 0 Å². The van der Waals surface area contributed by atoms with Gasteiger partial charge in [0.2, 0.25) is 0 Å². The normalized spacial score (nSPS) is 14.1. The molecule has 3 N–H and O–H groups in total. The predicted octanol–water partition coefficient (Wildman–Crippen LogP) is 30.5. The summed E-state index contributed by atoms with van der Waals surface area (Å²) >= 11 is 0. The Morgan fingerprint density at radius 1 is 0.241 bits per heavy atom. The van der Waals surface area contributed by atoms with Crippen molar-refractivity contribution in [2.75, 3.05) is 39.6 Å². The highest BCUT2D eigenvalue weighted by Crippen LogP contribution is 2.45. The van der Waals surface area contributed by atoms with Gasteiger partial charge in [0.1, 0.15) is 19.3 Å². The molecule has 4 unspecified atom stereocenters. The third kappa shape index (κ3) is 87.0. The zero-order valence-corrected chi connectivity index (χ0v) is 78.6. The molecule has 0 aromatic carbocycles. The highest BCUT2D eigenvalue weighted by atomic mass is 31.2. The van der Waals surface area contributed by atoms with Crippen LogP contribution in [0.5, 0.6) is 0 Å². The monoisotopic (exact) mass is 1690 g/mol. The molecule has 0 heterocycles. The number of ether oxygens (including phenoxy) is 4. The van der Waals surface area contributed by atoms with E-state index in [1.165, 1.54) is 347 Å². The van der Waals surface area contributed by atoms with Crippen molar-refractivity contribution in [3.05, 3.63) is 0 Å². The summed E-state index contributed by atoms with van der Waals surface area (Å²) in [5, 5.41) is 10.7. The van der Waals surface area contributed by atoms with E-state index in [1.807, 2.05) is 0 Å². The minimum atomic E-state index is -4.97. The van der Waals surface area contributed by atoms with Crippen molar-refractivity contribution in [3.8, 4) is 0 Å². The Morgan fingerprint density at radius 2 is 0.414 bits per heavy atom. The van der Waals surface area contributed by atoms with Gasteiger partial charge in [0.15, 0.2) is 12.2 Å². The summed E-state index contributed by atoms with van der Waals surface area (Å²) in [5.74, 6) is -0.343. The molecule has 0 aromatic rings. The number of carbonyl (C=O) groups excluding carboxylic acids is 4. The minimum absolute atomic E-state index is 0.109. The molecule has 19 heteroatoms. The first-order chi connectivity index (χ1) is 56.4. The molecule has 116 heavy (non-hydrogen) atoms. The van der Waals surface area contributed by atoms with Crippen LogP contribution in [0, 0.1) is 11.8 Å². The number of aliphatic hydroxyl groups is 1. The topological polar surface area (TPSA) is 237 Å². The van der Waals surface area contributed by atoms with Gasteiger partial charge in [-0.15, -0.1) is 0 Å². The van der Waals surface area contributed by atoms with E-state index in [1.54, 1.807) is 0 Å². The second kappa shape index (κ2) is 87.9. The van der Waals surface area contributed by atoms with Crippen LogP contribution in [0.15, 0.2) is 0 Å². The molecule has 0 aliphatic heterocycles. The fourth-order valence-corrected chi connectivity index (χ4v) is 16.9. The number of aliphatic hydroxyl groups excluding tert-OH is 1. The van der Waals surface area contributed by atoms with Gasteiger partial charge in [-0.2, -0.15) is 0 Å². The van der Waals surface area contributed by atoms with Crippen molar-refractivity contribution in [1.82, 2.24) is 0 Å². The number of rotatable bonds is 96. The van der Waals surface area contributed by atoms with Crippen LogP contribution in [-0.2, 0) is 65.4 Å². The largest absolute Gasteiger partial charge is 0.472 e. The summed E-state index contributed by atoms with van der Waals surface area (Å²) in [5.41, 5.74) is 0. The predicted molar refractivity (Wildman–Crippen MR) is 483 cm³/mol. The molecule has 17 nitrogen and oxygen atoms in total. The first-order valence-electron chi connectivity index (χ1n) is 50.1. The van der Waals surface area contributed by atoms with Crippen LogP contribution in [0.2, 0.25) is 0 Å². The molecule has 0 spiro atoms. The van der Waals surface area contributed by atoms with Gasteiger partial charge in [0, 0.05) is 25.7 Å². The standard InChI is InChI=1S/C97H190O17P2/c1-7-11-13-15-17-19-21-23-24-25-26-27-35-40-45-51-57-63-69-75-81-96(101)113-92(85-107-94(99)79-73-67-61-55-49-22-20-18-16-14-12-8-2)87-111-115(103,104)109-83-91(98)84-110-116(105,106)112-88-93(114-97(102)82-76-70-64-58-52-46-41-36-31-29-33-38-43-48-54-60-66-72-78-90(6)10-4)86-108-95(100)80-74-68-62-56-50-44-39-34-30-28-32-37-42-47-53-59-65-71-77-89(5)9-3/h89-93,98H,7-88H2,1-6H3,(H,103,104)(H,105,106)/t89?,90?,91-,92+,93+/m0/s1. The Labute approximate surface area is 715 Å². The van der Waals surface area contributed by atoms with Crippen LogP contribution in [0.3, 0.4) is 0 Å². The number of esters is 4. The van der Waals surface area contributed by atoms with E-state index < -0.39 is 97.5 Å². The zero-order chi connectivity index (χ0) is 84.8. The number of hydrogen-bond acceptors (Lipinski definition) is 15. The van der Waals surface area contributed by atoms with Crippen LogP contribution in [0.4, 0.5) is 0 Å². The van der Waals surface area contributed by atoms with E-state index in [9.17, 15) is 43.2 Å². The molecule has 0 saturated carbocycles. The molecular weight excluding hydrogens is 1500 g/mol. The van der Waals surface area contributed by atoms with E-state index in [4.69, 9.17) is 37.0 Å². The first-order valence-corrected chi connectivity index (χ1v) is 53.1. The van der Waals surface area contributed by atoms with E-state index >= 15 is 0 Å². The van der Waals surface area contributed by atoms with Crippen molar-refractivity contribution in [2.45, 2.75) is 548 Å². The molecule has 0 aliphatic carbocycles. The Morgan fingerprint density at radius 3 is 0.612 bits per heavy atom. The lowest BCUT2D eigenvalue weighted by Gasteiger charge is -2.21. The van der Waals surface area contributed by atoms with Gasteiger partial charge >= 0.3 is 39.5 Å². The lowest BCUT2D eigenvalue weighted by Crippen LogP contribution is -2.30. The van der Waals surface area contributed by atoms with E-state index in [0.717, 1.165) is 102 Å². The third-order valence-corrected chi connectivity index (χ3v) is 25.6. The first kappa shape index (κ1) is 114. The molecular formula is C97H190O17P2. The van der Waals surface area contributed by atoms with Gasteiger partial charge in [-0.25, -0.2) is 9.13 Å². The molecule has 0 aliphatic rings. The summed E-state index contributed by atoms with van der Waals surface area (Å²) in [6, 6.07) is 0. The Bertz CT molecular complexity index is 2210. The summed E-state index contributed by atoms with van der Waals surface area (Å²) in [4.78, 5) is 73.6. The minimum Gasteiger partial charge on any atom is -0.462 e. The zero-order valence-electron chi connectivity index (χ0n) is 76.8. The Kier molecular flexibility index (Phi) is 86.5. The Hall–Kier alpha value is -1.94. The molecule has 7 atom stereocenters. The number of hydrogen-bond donors (Lipinski definition) is 3. The maximum absolute atomic E-state index is 13.2. The molecule has 690 valence electrons. The van der Waals surface area contributed by atoms with Gasteiger partial charge in [-0.3, -0.25) is 37.3 Å². The maximum Gasteiger partial charge on any atom is 0.472 e. The number of unbranched alkanes of at least 4 members (excludes halogenated alkanes) is 64. The Balaban J connectivity index is 5.24. The molecule has 0 amide bonds. The fraction of sp³-hybridized carbons (Fsp3) is 0.959. The third-order valence-electron chi connectivity index (χ3n) is 23.7. The lowest BCUT2D eigenvalue weighted by molar-refractivity contribution is -0.161. The molecule has 0 saturated heterocycles. The van der Waals surface area contributed by atoms with E-state index in [-0.39, 0.29) is 25.7 Å². The lowest BCUT2D eigenvalue weighted by atomic mass is 9.99. The van der Waals surface area contributed by atoms with Gasteiger partial charge in [0.25, 0.3) is 0 Å². The smallest absolute Gasteiger partial charge is 0.462 e. The van der Waals surface area contributed by atoms with Crippen LogP contribution in [0.1, 0.15) is 530 Å². The van der Waals surface area contributed by atoms with Crippen LogP contribution in [-0.4, -0.2) is 96.7 Å². The highest BCUT2D eigenvalue weighted by Gasteiger charge is 2.31. The summed E-state index contributed by atoms with van der Waals surface area (Å²) in [6.07, 6.45) is 84.8. The molecule has 0 radical (unpaired) electrons. The summed E-state index contributed by atoms with van der Waals surface area (Å²) in [6.45, 7) is 9.88. The van der Waals surface area contributed by atoms with Crippen LogP contribution >= 0.6 is 15.6 Å². The summed E-state index contributed by atoms with van der Waals surface area (Å²) < 4.78 is 69.3. The summed E-state index contributed by atoms with van der Waals surface area (Å²) in [7, 11) is -9.94. The fourth-order valence-electron chi connectivity index (χ4n) is 15.3. The van der Waals surface area contributed by atoms with Crippen molar-refractivity contribution in [2.24, 2.45) is 11.8 Å². The molecule has 0 fully saturated rings. The number of phosphoric acid groups is 2. The average Bonchev–Trinajstić information content (AvgIpc) is 0.918. The quantitative estimate of drug-likeness (QED) is 0.0222. The number of carbonyl (C=O) groups is 4. The van der Waals surface area contributed by atoms with Gasteiger partial charge in [0.05, 0.1) is 26.4 Å². The second-order valence-electron chi connectivity index (χ2n) is 35.3. The molecule has 0 aromatic heterocycles. The van der Waals surface area contributed by atoms with Crippen molar-refractivity contribution >= 4 is 39.5 Å².